The number of hydrogen-bond acceptors (Lipinski definition) is 9. The maximum atomic E-state index is 11.8. The number of carbonyl (C=O) groups is 4. The quantitative estimate of drug-likeness (QED) is 0.424. The molecule has 1 aromatic rings. The Balaban J connectivity index is 2.35. The van der Waals surface area contributed by atoms with Gasteiger partial charge in [0.25, 0.3) is 0 Å². The third-order valence-electron chi connectivity index (χ3n) is 4.84. The van der Waals surface area contributed by atoms with E-state index in [2.05, 4.69) is 0 Å². The second kappa shape index (κ2) is 12.2. The molecule has 0 spiro atoms. The van der Waals surface area contributed by atoms with Crippen molar-refractivity contribution < 1.29 is 42.9 Å². The third-order valence-corrected chi connectivity index (χ3v) is 4.84. The van der Waals surface area contributed by atoms with Crippen LogP contribution in [0.15, 0.2) is 30.3 Å². The van der Waals surface area contributed by atoms with E-state index in [0.29, 0.717) is 0 Å². The van der Waals surface area contributed by atoms with Gasteiger partial charge in [-0.2, -0.15) is 0 Å². The Morgan fingerprint density at radius 1 is 0.788 bits per heavy atom. The molecule has 0 saturated carbocycles. The molecule has 0 bridgehead atoms. The van der Waals surface area contributed by atoms with Crippen LogP contribution >= 0.6 is 0 Å². The van der Waals surface area contributed by atoms with Gasteiger partial charge in [-0.15, -0.1) is 0 Å². The first-order valence-electron chi connectivity index (χ1n) is 10.6. The summed E-state index contributed by atoms with van der Waals surface area (Å²) < 4.78 is 27.4. The van der Waals surface area contributed by atoms with Gasteiger partial charge in [0, 0.05) is 27.7 Å². The monoisotopic (exact) mass is 462 g/mol. The van der Waals surface area contributed by atoms with Gasteiger partial charge in [0.1, 0.15) is 18.8 Å². The summed E-state index contributed by atoms with van der Waals surface area (Å²) in [4.78, 5) is 46.8. The van der Waals surface area contributed by atoms with Crippen LogP contribution in [0.2, 0.25) is 0 Å². The van der Waals surface area contributed by atoms with Crippen LogP contribution in [0.1, 0.15) is 45.2 Å². The highest BCUT2D eigenvalue weighted by molar-refractivity contribution is 5.68. The SMILES string of the molecule is CC(=O)OC[C@H]1O[C@H](C/C=C/c2ccc(C)cc2)[C@@H](OC(C)=O)[C@@H](OC(C)=O)[C@@H]1OC(C)=O. The van der Waals surface area contributed by atoms with Gasteiger partial charge in [-0.1, -0.05) is 42.0 Å². The van der Waals surface area contributed by atoms with E-state index < -0.39 is 54.4 Å². The van der Waals surface area contributed by atoms with Gasteiger partial charge in [0.15, 0.2) is 18.3 Å². The van der Waals surface area contributed by atoms with E-state index in [1.54, 1.807) is 0 Å². The molecule has 5 atom stereocenters. The highest BCUT2D eigenvalue weighted by atomic mass is 16.7. The summed E-state index contributed by atoms with van der Waals surface area (Å²) in [5.74, 6) is -2.49. The highest BCUT2D eigenvalue weighted by Gasteiger charge is 2.51. The fraction of sp³-hybridized carbons (Fsp3) is 0.500. The topological polar surface area (TPSA) is 114 Å². The first kappa shape index (κ1) is 26.1. The summed E-state index contributed by atoms with van der Waals surface area (Å²) in [5.41, 5.74) is 2.10. The lowest BCUT2D eigenvalue weighted by Gasteiger charge is -2.44. The van der Waals surface area contributed by atoms with Crippen molar-refractivity contribution in [2.45, 2.75) is 71.6 Å². The van der Waals surface area contributed by atoms with Crippen molar-refractivity contribution in [3.8, 4) is 0 Å². The van der Waals surface area contributed by atoms with Crippen molar-refractivity contribution >= 4 is 30.0 Å². The predicted octanol–water partition coefficient (Wildman–Crippen LogP) is 2.52. The maximum absolute atomic E-state index is 11.8. The average molecular weight is 462 g/mol. The van der Waals surface area contributed by atoms with Crippen molar-refractivity contribution in [1.29, 1.82) is 0 Å². The number of benzene rings is 1. The van der Waals surface area contributed by atoms with Crippen molar-refractivity contribution in [2.24, 2.45) is 0 Å². The molecule has 0 N–H and O–H groups in total. The summed E-state index contributed by atoms with van der Waals surface area (Å²) >= 11 is 0. The Morgan fingerprint density at radius 3 is 1.82 bits per heavy atom. The van der Waals surface area contributed by atoms with Gasteiger partial charge in [-0.05, 0) is 18.9 Å². The number of carbonyl (C=O) groups excluding carboxylic acids is 4. The van der Waals surface area contributed by atoms with Crippen LogP contribution in [0.25, 0.3) is 6.08 Å². The second-order valence-electron chi connectivity index (χ2n) is 7.79. The van der Waals surface area contributed by atoms with Crippen molar-refractivity contribution in [3.05, 3.63) is 41.5 Å². The zero-order valence-corrected chi connectivity index (χ0v) is 19.4. The molecule has 1 heterocycles. The number of hydrogen-bond donors (Lipinski definition) is 0. The van der Waals surface area contributed by atoms with Gasteiger partial charge < -0.3 is 23.7 Å². The van der Waals surface area contributed by atoms with Crippen LogP contribution in [0.5, 0.6) is 0 Å². The smallest absolute Gasteiger partial charge is 0.303 e. The van der Waals surface area contributed by atoms with Crippen LogP contribution in [0.4, 0.5) is 0 Å². The molecular formula is C24H30O9. The molecule has 0 radical (unpaired) electrons. The van der Waals surface area contributed by atoms with Crippen molar-refractivity contribution in [2.75, 3.05) is 6.61 Å². The minimum absolute atomic E-state index is 0.240. The van der Waals surface area contributed by atoms with E-state index in [1.807, 2.05) is 43.3 Å². The molecule has 2 rings (SSSR count). The summed E-state index contributed by atoms with van der Waals surface area (Å²) in [7, 11) is 0. The second-order valence-corrected chi connectivity index (χ2v) is 7.79. The third kappa shape index (κ3) is 8.34. The number of aryl methyl sites for hydroxylation is 1. The lowest BCUT2D eigenvalue weighted by molar-refractivity contribution is -0.251. The Hall–Kier alpha value is -3.20. The normalized spacial score (nSPS) is 24.7. The highest BCUT2D eigenvalue weighted by Crippen LogP contribution is 2.31. The molecule has 1 aromatic carbocycles. The molecule has 1 aliphatic rings. The van der Waals surface area contributed by atoms with Crippen LogP contribution < -0.4 is 0 Å². The van der Waals surface area contributed by atoms with Crippen LogP contribution in [-0.2, 0) is 42.9 Å². The largest absolute Gasteiger partial charge is 0.463 e. The van der Waals surface area contributed by atoms with Gasteiger partial charge in [0.05, 0.1) is 0 Å². The van der Waals surface area contributed by atoms with Gasteiger partial charge >= 0.3 is 23.9 Å². The van der Waals surface area contributed by atoms with E-state index in [4.69, 9.17) is 23.7 Å². The van der Waals surface area contributed by atoms with E-state index in [1.165, 1.54) is 27.7 Å². The number of ether oxygens (including phenoxy) is 5. The molecule has 9 heteroatoms. The van der Waals surface area contributed by atoms with Gasteiger partial charge in [0.2, 0.25) is 0 Å². The zero-order valence-electron chi connectivity index (χ0n) is 19.4. The summed E-state index contributed by atoms with van der Waals surface area (Å²) in [5, 5.41) is 0. The Morgan fingerprint density at radius 2 is 1.30 bits per heavy atom. The average Bonchev–Trinajstić information content (AvgIpc) is 2.71. The molecule has 33 heavy (non-hydrogen) atoms. The van der Waals surface area contributed by atoms with Crippen LogP contribution in [0, 0.1) is 6.92 Å². The zero-order chi connectivity index (χ0) is 24.5. The summed E-state index contributed by atoms with van der Waals surface area (Å²) in [6.07, 6.45) is -1.03. The molecule has 0 unspecified atom stereocenters. The number of rotatable bonds is 8. The molecule has 0 aliphatic carbocycles. The lowest BCUT2D eigenvalue weighted by Crippen LogP contribution is -2.62. The number of esters is 4. The summed E-state index contributed by atoms with van der Waals surface area (Å²) in [6.45, 7) is 6.58. The predicted molar refractivity (Wildman–Crippen MR) is 117 cm³/mol. The molecule has 1 saturated heterocycles. The van der Waals surface area contributed by atoms with Gasteiger partial charge in [-0.3, -0.25) is 19.2 Å². The Bertz CT molecular complexity index is 874. The van der Waals surface area contributed by atoms with Gasteiger partial charge in [-0.25, -0.2) is 0 Å². The Labute approximate surface area is 193 Å². The standard InChI is InChI=1S/C24H30O9/c1-14-9-11-19(12-10-14)7-6-8-20-22(30-16(3)26)24(32-18(5)28)23(31-17(4)27)21(33-20)13-29-15(2)25/h6-7,9-12,20-24H,8,13H2,1-5H3/b7-6+/t20-,21-,22-,23-,24-/m1/s1. The van der Waals surface area contributed by atoms with Crippen LogP contribution in [-0.4, -0.2) is 61.0 Å². The fourth-order valence-corrected chi connectivity index (χ4v) is 3.52. The van der Waals surface area contributed by atoms with E-state index in [-0.39, 0.29) is 13.0 Å². The molecule has 0 aromatic heterocycles. The molecule has 180 valence electrons. The summed E-state index contributed by atoms with van der Waals surface area (Å²) in [6, 6.07) is 7.88. The fourth-order valence-electron chi connectivity index (χ4n) is 3.52. The lowest BCUT2D eigenvalue weighted by atomic mass is 9.92. The van der Waals surface area contributed by atoms with E-state index in [9.17, 15) is 19.2 Å². The first-order valence-corrected chi connectivity index (χ1v) is 10.6. The van der Waals surface area contributed by atoms with E-state index in [0.717, 1.165) is 11.1 Å². The molecule has 0 amide bonds. The van der Waals surface area contributed by atoms with Crippen LogP contribution in [0.3, 0.4) is 0 Å². The van der Waals surface area contributed by atoms with E-state index >= 15 is 0 Å². The molecular weight excluding hydrogens is 432 g/mol. The Kier molecular flexibility index (Phi) is 9.59. The van der Waals surface area contributed by atoms with Crippen molar-refractivity contribution in [3.63, 3.8) is 0 Å². The minimum Gasteiger partial charge on any atom is -0.463 e. The first-order chi connectivity index (χ1) is 15.6. The molecule has 1 aliphatic heterocycles. The minimum atomic E-state index is -1.15. The van der Waals surface area contributed by atoms with Crippen molar-refractivity contribution in [1.82, 2.24) is 0 Å². The molecule has 9 nitrogen and oxygen atoms in total. The maximum Gasteiger partial charge on any atom is 0.303 e. The molecule has 1 fully saturated rings.